The van der Waals surface area contributed by atoms with Crippen molar-refractivity contribution in [1.29, 1.82) is 0 Å². The molecule has 1 aromatic rings. The van der Waals surface area contributed by atoms with E-state index in [9.17, 15) is 29.2 Å². The second-order valence-electron chi connectivity index (χ2n) is 5.06. The summed E-state index contributed by atoms with van der Waals surface area (Å²) >= 11 is 0. The van der Waals surface area contributed by atoms with Crippen LogP contribution in [0.4, 0.5) is 11.4 Å². The van der Waals surface area contributed by atoms with E-state index in [0.717, 1.165) is 18.2 Å². The van der Waals surface area contributed by atoms with Gasteiger partial charge < -0.3 is 4.74 Å². The fourth-order valence-corrected chi connectivity index (χ4v) is 2.63. The number of non-ortho nitro benzene ring substituents is 1. The molecule has 0 aliphatic carbocycles. The van der Waals surface area contributed by atoms with Crippen molar-refractivity contribution >= 4 is 28.1 Å². The molecule has 0 spiro atoms. The van der Waals surface area contributed by atoms with E-state index < -0.39 is 43.7 Å². The molecule has 0 N–H and O–H groups in total. The Balaban J connectivity index is 2.85. The van der Waals surface area contributed by atoms with E-state index in [2.05, 4.69) is 0 Å². The summed E-state index contributed by atoms with van der Waals surface area (Å²) in [5, 5.41) is 21.6. The summed E-state index contributed by atoms with van der Waals surface area (Å²) in [6.45, 7) is 4.08. The van der Waals surface area contributed by atoms with Crippen LogP contribution in [-0.2, 0) is 20.3 Å². The average Bonchev–Trinajstić information content (AvgIpc) is 2.45. The Morgan fingerprint density at radius 2 is 1.91 bits per heavy atom. The van der Waals surface area contributed by atoms with Crippen LogP contribution in [-0.4, -0.2) is 32.4 Å². The monoisotopic (exact) mass is 344 g/mol. The van der Waals surface area contributed by atoms with Gasteiger partial charge in [-0.15, -0.1) is 0 Å². The Labute approximate surface area is 134 Å². The summed E-state index contributed by atoms with van der Waals surface area (Å²) in [6.07, 6.45) is 0.649. The molecule has 1 aromatic carbocycles. The summed E-state index contributed by atoms with van der Waals surface area (Å²) in [6, 6.07) is 2.75. The summed E-state index contributed by atoms with van der Waals surface area (Å²) < 4.78 is 17.0. The Bertz CT molecular complexity index is 645. The third-order valence-electron chi connectivity index (χ3n) is 2.80. The number of nitro groups is 2. The average molecular weight is 344 g/mol. The second-order valence-corrected chi connectivity index (χ2v) is 6.48. The molecule has 1 atom stereocenters. The predicted molar refractivity (Wildman–Crippen MR) is 81.4 cm³/mol. The Morgan fingerprint density at radius 1 is 1.26 bits per heavy atom. The standard InChI is InChI=1S/C13H16N2O7S/c1-9(2)5-6-22-13(16)8-23(21)12-4-3-10(14(17)18)7-11(12)15(19)20/h3-4,7,9H,5-6,8H2,1-2H3. The van der Waals surface area contributed by atoms with Crippen molar-refractivity contribution < 1.29 is 23.6 Å². The molecule has 1 rings (SSSR count). The van der Waals surface area contributed by atoms with Gasteiger partial charge in [-0.25, -0.2) is 0 Å². The van der Waals surface area contributed by atoms with Gasteiger partial charge in [0.05, 0.1) is 33.3 Å². The molecule has 0 saturated carbocycles. The van der Waals surface area contributed by atoms with E-state index in [1.54, 1.807) is 0 Å². The molecule has 0 amide bonds. The van der Waals surface area contributed by atoms with Crippen molar-refractivity contribution in [3.05, 3.63) is 38.4 Å². The fraction of sp³-hybridized carbons (Fsp3) is 0.462. The van der Waals surface area contributed by atoms with Crippen molar-refractivity contribution in [2.75, 3.05) is 12.4 Å². The molecule has 10 heteroatoms. The second kappa shape index (κ2) is 8.32. The van der Waals surface area contributed by atoms with E-state index in [-0.39, 0.29) is 11.5 Å². The number of rotatable bonds is 8. The predicted octanol–water partition coefficient (Wildman–Crippen LogP) is 2.20. The van der Waals surface area contributed by atoms with Gasteiger partial charge in [-0.3, -0.25) is 29.2 Å². The number of benzene rings is 1. The smallest absolute Gasteiger partial charge is 0.318 e. The number of hydrogen-bond donors (Lipinski definition) is 0. The highest BCUT2D eigenvalue weighted by Crippen LogP contribution is 2.27. The number of esters is 1. The Kier molecular flexibility index (Phi) is 6.76. The topological polar surface area (TPSA) is 130 Å². The molecule has 9 nitrogen and oxygen atoms in total. The molecule has 0 aliphatic rings. The van der Waals surface area contributed by atoms with Crippen molar-refractivity contribution in [3.63, 3.8) is 0 Å². The molecule has 23 heavy (non-hydrogen) atoms. The maximum atomic E-state index is 12.1. The first-order valence-corrected chi connectivity index (χ1v) is 8.01. The SMILES string of the molecule is CC(C)CCOC(=O)CS(=O)c1ccc([N+](=O)[O-])cc1[N+](=O)[O-]. The van der Waals surface area contributed by atoms with Crippen molar-refractivity contribution in [2.24, 2.45) is 5.92 Å². The van der Waals surface area contributed by atoms with Crippen LogP contribution in [0.5, 0.6) is 0 Å². The highest BCUT2D eigenvalue weighted by atomic mass is 32.2. The van der Waals surface area contributed by atoms with E-state index in [1.807, 2.05) is 13.8 Å². The van der Waals surface area contributed by atoms with Crippen LogP contribution in [0.3, 0.4) is 0 Å². The van der Waals surface area contributed by atoms with Gasteiger partial charge in [-0.2, -0.15) is 0 Å². The lowest BCUT2D eigenvalue weighted by Crippen LogP contribution is -2.16. The van der Waals surface area contributed by atoms with E-state index in [1.165, 1.54) is 0 Å². The van der Waals surface area contributed by atoms with Crippen LogP contribution in [0.25, 0.3) is 0 Å². The number of carbonyl (C=O) groups excluding carboxylic acids is 1. The molecule has 0 radical (unpaired) electrons. The van der Waals surface area contributed by atoms with Gasteiger partial charge in [0.1, 0.15) is 10.6 Å². The van der Waals surface area contributed by atoms with E-state index >= 15 is 0 Å². The first kappa shape index (κ1) is 18.7. The Hall–Kier alpha value is -2.36. The minimum Gasteiger partial charge on any atom is -0.465 e. The molecule has 0 saturated heterocycles. The molecule has 1 unspecified atom stereocenters. The molecular formula is C13H16N2O7S. The normalized spacial score (nSPS) is 12.0. The van der Waals surface area contributed by atoms with Gasteiger partial charge in [0.25, 0.3) is 11.4 Å². The first-order valence-electron chi connectivity index (χ1n) is 6.69. The lowest BCUT2D eigenvalue weighted by Gasteiger charge is -2.07. The zero-order valence-electron chi connectivity index (χ0n) is 12.6. The van der Waals surface area contributed by atoms with Crippen LogP contribution >= 0.6 is 0 Å². The molecule has 0 aromatic heterocycles. The maximum Gasteiger partial charge on any atom is 0.318 e. The van der Waals surface area contributed by atoms with Gasteiger partial charge in [0.2, 0.25) is 0 Å². The van der Waals surface area contributed by atoms with E-state index in [4.69, 9.17) is 4.74 Å². The third-order valence-corrected chi connectivity index (χ3v) is 4.14. The summed E-state index contributed by atoms with van der Waals surface area (Å²) in [7, 11) is -2.02. The van der Waals surface area contributed by atoms with Crippen LogP contribution in [0.2, 0.25) is 0 Å². The minimum atomic E-state index is -2.02. The highest BCUT2D eigenvalue weighted by molar-refractivity contribution is 7.85. The first-order chi connectivity index (χ1) is 10.7. The zero-order chi connectivity index (χ0) is 17.6. The van der Waals surface area contributed by atoms with Gasteiger partial charge in [-0.05, 0) is 18.4 Å². The minimum absolute atomic E-state index is 0.177. The molecular weight excluding hydrogens is 328 g/mol. The lowest BCUT2D eigenvalue weighted by atomic mass is 10.1. The van der Waals surface area contributed by atoms with E-state index in [0.29, 0.717) is 12.3 Å². The summed E-state index contributed by atoms with van der Waals surface area (Å²) in [4.78, 5) is 31.3. The number of carbonyl (C=O) groups is 1. The van der Waals surface area contributed by atoms with Gasteiger partial charge in [-0.1, -0.05) is 13.8 Å². The van der Waals surface area contributed by atoms with Crippen molar-refractivity contribution in [1.82, 2.24) is 0 Å². The number of nitrogens with zero attached hydrogens (tertiary/aromatic N) is 2. The third kappa shape index (κ3) is 5.74. The van der Waals surface area contributed by atoms with Gasteiger partial charge in [0, 0.05) is 6.07 Å². The fourth-order valence-electron chi connectivity index (χ4n) is 1.59. The van der Waals surface area contributed by atoms with Crippen molar-refractivity contribution in [3.8, 4) is 0 Å². The number of ether oxygens (including phenoxy) is 1. The van der Waals surface area contributed by atoms with Crippen molar-refractivity contribution in [2.45, 2.75) is 25.2 Å². The number of hydrogen-bond acceptors (Lipinski definition) is 7. The van der Waals surface area contributed by atoms with Crippen LogP contribution in [0.1, 0.15) is 20.3 Å². The van der Waals surface area contributed by atoms with Crippen LogP contribution in [0, 0.1) is 26.1 Å². The van der Waals surface area contributed by atoms with Crippen LogP contribution < -0.4 is 0 Å². The van der Waals surface area contributed by atoms with Gasteiger partial charge >= 0.3 is 5.97 Å². The lowest BCUT2D eigenvalue weighted by molar-refractivity contribution is -0.396. The molecule has 0 bridgehead atoms. The Morgan fingerprint density at radius 3 is 2.43 bits per heavy atom. The number of nitro benzene ring substituents is 2. The van der Waals surface area contributed by atoms with Gasteiger partial charge in [0.15, 0.2) is 0 Å². The molecule has 0 aliphatic heterocycles. The quantitative estimate of drug-likeness (QED) is 0.401. The maximum absolute atomic E-state index is 12.1. The summed E-state index contributed by atoms with van der Waals surface area (Å²) in [5.41, 5.74) is -1.15. The summed E-state index contributed by atoms with van der Waals surface area (Å²) in [5.74, 6) is -0.947. The highest BCUT2D eigenvalue weighted by Gasteiger charge is 2.24. The van der Waals surface area contributed by atoms with Crippen LogP contribution in [0.15, 0.2) is 23.1 Å². The largest absolute Gasteiger partial charge is 0.465 e. The zero-order valence-corrected chi connectivity index (χ0v) is 13.4. The molecule has 126 valence electrons. The molecule has 0 fully saturated rings. The molecule has 0 heterocycles.